The fourth-order valence-corrected chi connectivity index (χ4v) is 3.72. The van der Waals surface area contributed by atoms with Crippen LogP contribution in [-0.4, -0.2) is 31.2 Å². The van der Waals surface area contributed by atoms with Gasteiger partial charge in [-0.05, 0) is 37.1 Å². The molecule has 7 heteroatoms. The summed E-state index contributed by atoms with van der Waals surface area (Å²) in [6.07, 6.45) is 9.02. The second kappa shape index (κ2) is 6.50. The van der Waals surface area contributed by atoms with Gasteiger partial charge in [0.15, 0.2) is 0 Å². The van der Waals surface area contributed by atoms with Crippen LogP contribution in [0.25, 0.3) is 0 Å². The molecule has 1 atom stereocenters. The van der Waals surface area contributed by atoms with Crippen LogP contribution in [0, 0.1) is 18.7 Å². The number of sulfonamides is 1. The van der Waals surface area contributed by atoms with Crippen molar-refractivity contribution < 1.29 is 17.6 Å². The van der Waals surface area contributed by atoms with E-state index >= 15 is 0 Å². The van der Waals surface area contributed by atoms with Gasteiger partial charge in [0.25, 0.3) is 0 Å². The molecular weight excluding hydrogens is 283 g/mol. The Morgan fingerprint density at radius 1 is 1.30 bits per heavy atom. The number of primary amides is 1. The molecule has 5 nitrogen and oxygen atoms in total. The number of benzene rings is 1. The Bertz CT molecular complexity index is 596. The van der Waals surface area contributed by atoms with Crippen molar-refractivity contribution in [3.8, 4) is 12.8 Å². The Balaban J connectivity index is 0.000000956. The van der Waals surface area contributed by atoms with E-state index in [2.05, 4.69) is 12.8 Å². The van der Waals surface area contributed by atoms with Crippen LogP contribution in [0.3, 0.4) is 0 Å². The standard InChI is InChI=1S/C11H13FN2O3S.C2H2/c12-8-3-5-9(6-4-8)18(16,17)14-7-1-2-10(14)11(13)15;1-2/h3-6,10H,1-2,7H2,(H2,13,15);1-2H/t10-;/m0./s1. The van der Waals surface area contributed by atoms with Gasteiger partial charge in [0, 0.05) is 6.54 Å². The summed E-state index contributed by atoms with van der Waals surface area (Å²) in [5, 5.41) is 0. The molecule has 0 radical (unpaired) electrons. The fraction of sp³-hybridized carbons (Fsp3) is 0.308. The van der Waals surface area contributed by atoms with E-state index in [1.165, 1.54) is 12.1 Å². The van der Waals surface area contributed by atoms with E-state index in [1.54, 1.807) is 0 Å². The normalized spacial score (nSPS) is 19.1. The highest BCUT2D eigenvalue weighted by Crippen LogP contribution is 2.25. The zero-order chi connectivity index (χ0) is 15.3. The lowest BCUT2D eigenvalue weighted by molar-refractivity contribution is -0.121. The molecule has 20 heavy (non-hydrogen) atoms. The Labute approximate surface area is 117 Å². The molecule has 1 aliphatic heterocycles. The van der Waals surface area contributed by atoms with Gasteiger partial charge in [0.2, 0.25) is 15.9 Å². The van der Waals surface area contributed by atoms with E-state index in [-0.39, 0.29) is 11.4 Å². The summed E-state index contributed by atoms with van der Waals surface area (Å²) in [7, 11) is -3.78. The summed E-state index contributed by atoms with van der Waals surface area (Å²) in [6, 6.07) is 3.70. The van der Waals surface area contributed by atoms with E-state index in [4.69, 9.17) is 5.73 Å². The molecule has 0 spiro atoms. The lowest BCUT2D eigenvalue weighted by Crippen LogP contribution is -2.43. The van der Waals surface area contributed by atoms with Crippen LogP contribution >= 0.6 is 0 Å². The van der Waals surface area contributed by atoms with Crippen LogP contribution in [-0.2, 0) is 14.8 Å². The second-order valence-corrected chi connectivity index (χ2v) is 6.02. The van der Waals surface area contributed by atoms with Gasteiger partial charge >= 0.3 is 0 Å². The zero-order valence-electron chi connectivity index (χ0n) is 10.7. The van der Waals surface area contributed by atoms with Gasteiger partial charge in [-0.25, -0.2) is 12.8 Å². The lowest BCUT2D eigenvalue weighted by atomic mass is 10.2. The molecule has 1 heterocycles. The van der Waals surface area contributed by atoms with Crippen molar-refractivity contribution in [2.24, 2.45) is 5.73 Å². The molecule has 0 aromatic heterocycles. The third-order valence-corrected chi connectivity index (χ3v) is 4.87. The molecule has 1 fully saturated rings. The van der Waals surface area contributed by atoms with Crippen LogP contribution in [0.2, 0.25) is 0 Å². The number of hydrogen-bond donors (Lipinski definition) is 1. The van der Waals surface area contributed by atoms with E-state index < -0.39 is 27.8 Å². The Kier molecular flexibility index (Phi) is 5.25. The lowest BCUT2D eigenvalue weighted by Gasteiger charge is -2.21. The summed E-state index contributed by atoms with van der Waals surface area (Å²) < 4.78 is 38.4. The highest BCUT2D eigenvalue weighted by molar-refractivity contribution is 7.89. The van der Waals surface area contributed by atoms with Crippen molar-refractivity contribution >= 4 is 15.9 Å². The molecule has 1 aromatic carbocycles. The summed E-state index contributed by atoms with van der Waals surface area (Å²) >= 11 is 0. The van der Waals surface area contributed by atoms with Gasteiger partial charge in [-0.15, -0.1) is 12.8 Å². The smallest absolute Gasteiger partial charge is 0.243 e. The molecular formula is C13H15FN2O3S. The van der Waals surface area contributed by atoms with E-state index in [0.717, 1.165) is 16.4 Å². The summed E-state index contributed by atoms with van der Waals surface area (Å²) in [4.78, 5) is 11.2. The first-order valence-electron chi connectivity index (χ1n) is 5.83. The van der Waals surface area contributed by atoms with Gasteiger partial charge in [0.1, 0.15) is 11.9 Å². The minimum Gasteiger partial charge on any atom is -0.368 e. The Hall–Kier alpha value is -1.91. The van der Waals surface area contributed by atoms with Gasteiger partial charge in [-0.2, -0.15) is 4.31 Å². The number of halogens is 1. The van der Waals surface area contributed by atoms with E-state index in [0.29, 0.717) is 12.8 Å². The first kappa shape index (κ1) is 16.1. The maximum atomic E-state index is 12.8. The molecule has 1 aromatic rings. The predicted molar refractivity (Wildman–Crippen MR) is 72.4 cm³/mol. The van der Waals surface area contributed by atoms with Crippen LogP contribution in [0.5, 0.6) is 0 Å². The van der Waals surface area contributed by atoms with Gasteiger partial charge in [0.05, 0.1) is 4.90 Å². The topological polar surface area (TPSA) is 80.5 Å². The molecule has 1 saturated heterocycles. The maximum Gasteiger partial charge on any atom is 0.243 e. The average molecular weight is 298 g/mol. The van der Waals surface area contributed by atoms with Crippen LogP contribution in [0.4, 0.5) is 4.39 Å². The number of nitrogens with two attached hydrogens (primary N) is 1. The number of terminal acetylenes is 1. The molecule has 0 aliphatic carbocycles. The van der Waals surface area contributed by atoms with Crippen molar-refractivity contribution in [2.75, 3.05) is 6.54 Å². The molecule has 0 unspecified atom stereocenters. The monoisotopic (exact) mass is 298 g/mol. The summed E-state index contributed by atoms with van der Waals surface area (Å²) in [6.45, 7) is 0.257. The maximum absolute atomic E-state index is 12.8. The molecule has 0 bridgehead atoms. The second-order valence-electron chi connectivity index (χ2n) is 4.13. The zero-order valence-corrected chi connectivity index (χ0v) is 11.5. The number of nitrogens with zero attached hydrogens (tertiary/aromatic N) is 1. The molecule has 0 saturated carbocycles. The van der Waals surface area contributed by atoms with E-state index in [9.17, 15) is 17.6 Å². The van der Waals surface area contributed by atoms with Crippen molar-refractivity contribution in [3.63, 3.8) is 0 Å². The van der Waals surface area contributed by atoms with Crippen LogP contribution in [0.1, 0.15) is 12.8 Å². The predicted octanol–water partition coefficient (Wildman–Crippen LogP) is 0.714. The molecule has 108 valence electrons. The number of amides is 1. The van der Waals surface area contributed by atoms with E-state index in [1.807, 2.05) is 0 Å². The Morgan fingerprint density at radius 3 is 2.35 bits per heavy atom. The minimum absolute atomic E-state index is 0.0305. The number of carbonyl (C=O) groups is 1. The number of rotatable bonds is 3. The van der Waals surface area contributed by atoms with Crippen molar-refractivity contribution in [2.45, 2.75) is 23.8 Å². The van der Waals surface area contributed by atoms with Crippen LogP contribution < -0.4 is 5.73 Å². The van der Waals surface area contributed by atoms with Gasteiger partial charge < -0.3 is 5.73 Å². The molecule has 1 amide bonds. The van der Waals surface area contributed by atoms with Gasteiger partial charge in [-0.3, -0.25) is 4.79 Å². The number of hydrogen-bond acceptors (Lipinski definition) is 3. The molecule has 2 N–H and O–H groups in total. The average Bonchev–Trinajstić information content (AvgIpc) is 2.91. The first-order valence-corrected chi connectivity index (χ1v) is 7.27. The van der Waals surface area contributed by atoms with Gasteiger partial charge in [-0.1, -0.05) is 0 Å². The minimum atomic E-state index is -3.78. The van der Waals surface area contributed by atoms with Crippen molar-refractivity contribution in [1.29, 1.82) is 0 Å². The molecule has 1 aliphatic rings. The third-order valence-electron chi connectivity index (χ3n) is 2.95. The fourth-order valence-electron chi connectivity index (χ4n) is 2.05. The highest BCUT2D eigenvalue weighted by atomic mass is 32.2. The first-order chi connectivity index (χ1) is 9.43. The largest absolute Gasteiger partial charge is 0.368 e. The van der Waals surface area contributed by atoms with Crippen molar-refractivity contribution in [3.05, 3.63) is 30.1 Å². The summed E-state index contributed by atoms with van der Waals surface area (Å²) in [5.41, 5.74) is 5.18. The SMILES string of the molecule is C#C.NC(=O)[C@@H]1CCCN1S(=O)(=O)c1ccc(F)cc1. The van der Waals surface area contributed by atoms with Crippen LogP contribution in [0.15, 0.2) is 29.2 Å². The summed E-state index contributed by atoms with van der Waals surface area (Å²) in [5.74, 6) is -1.17. The quantitative estimate of drug-likeness (QED) is 0.835. The Morgan fingerprint density at radius 2 is 1.85 bits per heavy atom. The third kappa shape index (κ3) is 3.15. The number of carbonyl (C=O) groups excluding carboxylic acids is 1. The van der Waals surface area contributed by atoms with Crippen molar-refractivity contribution in [1.82, 2.24) is 4.31 Å². The highest BCUT2D eigenvalue weighted by Gasteiger charge is 2.38. The molecule has 2 rings (SSSR count).